The number of hydrogen-bond donors (Lipinski definition) is 0. The summed E-state index contributed by atoms with van der Waals surface area (Å²) in [5.74, 6) is 0. The molecule has 0 aliphatic rings. The average Bonchev–Trinajstić information content (AvgIpc) is 2.79. The number of thiazole rings is 1. The van der Waals surface area contributed by atoms with Crippen molar-refractivity contribution in [3.05, 3.63) is 41.0 Å². The Balaban J connectivity index is 2.61. The molecule has 0 aliphatic heterocycles. The number of halogens is 6. The van der Waals surface area contributed by atoms with Crippen LogP contribution in [0.3, 0.4) is 0 Å². The molecular weight excluding hydrogens is 292 g/mol. The van der Waals surface area contributed by atoms with E-state index in [-0.39, 0.29) is 5.56 Å². The summed E-state index contributed by atoms with van der Waals surface area (Å²) in [5, 5.41) is 0. The van der Waals surface area contributed by atoms with Gasteiger partial charge in [0.15, 0.2) is 0 Å². The highest BCUT2D eigenvalue weighted by Crippen LogP contribution is 2.42. The summed E-state index contributed by atoms with van der Waals surface area (Å²) in [6.07, 6.45) is -8.81. The molecule has 2 aromatic rings. The van der Waals surface area contributed by atoms with Gasteiger partial charge in [0.25, 0.3) is 0 Å². The fourth-order valence-electron chi connectivity index (χ4n) is 1.54. The third-order valence-corrected chi connectivity index (χ3v) is 3.17. The van der Waals surface area contributed by atoms with Crippen LogP contribution in [0.5, 0.6) is 0 Å². The molecule has 0 atom stereocenters. The third-order valence-electron chi connectivity index (χ3n) is 2.35. The van der Waals surface area contributed by atoms with Crippen molar-refractivity contribution >= 4 is 11.3 Å². The average molecular weight is 297 g/mol. The zero-order valence-electron chi connectivity index (χ0n) is 9.01. The number of hydrogen-bond acceptors (Lipinski definition) is 2. The van der Waals surface area contributed by atoms with E-state index in [1.54, 1.807) is 0 Å². The SMILES string of the molecule is FC(F)(F)c1ccc(-c2cncs2)cc1C(F)(F)F. The second kappa shape index (κ2) is 4.52. The van der Waals surface area contributed by atoms with Crippen LogP contribution in [-0.4, -0.2) is 4.98 Å². The first-order chi connectivity index (χ1) is 8.69. The number of nitrogens with zero attached hydrogens (tertiary/aromatic N) is 1. The number of aromatic nitrogens is 1. The minimum absolute atomic E-state index is 0.0582. The van der Waals surface area contributed by atoms with E-state index in [0.29, 0.717) is 17.0 Å². The monoisotopic (exact) mass is 297 g/mol. The molecule has 8 heteroatoms. The largest absolute Gasteiger partial charge is 0.417 e. The molecule has 0 saturated heterocycles. The van der Waals surface area contributed by atoms with Gasteiger partial charge in [0.2, 0.25) is 0 Å². The zero-order valence-corrected chi connectivity index (χ0v) is 9.83. The topological polar surface area (TPSA) is 12.9 Å². The normalized spacial score (nSPS) is 12.7. The first-order valence-electron chi connectivity index (χ1n) is 4.87. The summed E-state index contributed by atoms with van der Waals surface area (Å²) < 4.78 is 75.7. The highest BCUT2D eigenvalue weighted by Gasteiger charge is 2.43. The fourth-order valence-corrected chi connectivity index (χ4v) is 2.16. The van der Waals surface area contributed by atoms with Crippen LogP contribution in [0.1, 0.15) is 11.1 Å². The second-order valence-electron chi connectivity index (χ2n) is 3.62. The molecule has 0 bridgehead atoms. The van der Waals surface area contributed by atoms with Gasteiger partial charge in [0.05, 0.1) is 21.5 Å². The molecule has 0 amide bonds. The minimum Gasteiger partial charge on any atom is -0.252 e. The van der Waals surface area contributed by atoms with Gasteiger partial charge in [-0.1, -0.05) is 6.07 Å². The molecule has 0 saturated carbocycles. The van der Waals surface area contributed by atoms with Crippen LogP contribution >= 0.6 is 11.3 Å². The molecule has 0 fully saturated rings. The van der Waals surface area contributed by atoms with Crippen molar-refractivity contribution in [1.29, 1.82) is 0 Å². The van der Waals surface area contributed by atoms with Gasteiger partial charge in [-0.15, -0.1) is 11.3 Å². The maximum Gasteiger partial charge on any atom is 0.417 e. The van der Waals surface area contributed by atoms with Crippen LogP contribution in [0.25, 0.3) is 10.4 Å². The van der Waals surface area contributed by atoms with E-state index in [2.05, 4.69) is 4.98 Å². The van der Waals surface area contributed by atoms with E-state index in [1.807, 2.05) is 0 Å². The smallest absolute Gasteiger partial charge is 0.252 e. The molecule has 0 radical (unpaired) electrons. The molecule has 0 unspecified atom stereocenters. The number of benzene rings is 1. The Morgan fingerprint density at radius 3 is 2.00 bits per heavy atom. The molecule has 1 aromatic heterocycles. The summed E-state index contributed by atoms with van der Waals surface area (Å²) in [4.78, 5) is 4.05. The number of alkyl halides is 6. The van der Waals surface area contributed by atoms with Gasteiger partial charge in [-0.05, 0) is 17.7 Å². The fraction of sp³-hybridized carbons (Fsp3) is 0.182. The standard InChI is InChI=1S/C11H5F6NS/c12-10(13,14)7-2-1-6(9-4-18-5-19-9)3-8(7)11(15,16)17/h1-5H. The molecule has 0 spiro atoms. The summed E-state index contributed by atoms with van der Waals surface area (Å²) in [7, 11) is 0. The third kappa shape index (κ3) is 2.89. The predicted octanol–water partition coefficient (Wildman–Crippen LogP) is 4.85. The highest BCUT2D eigenvalue weighted by molar-refractivity contribution is 7.13. The molecule has 1 aromatic carbocycles. The number of rotatable bonds is 1. The molecule has 1 heterocycles. The summed E-state index contributed by atoms with van der Waals surface area (Å²) in [5.41, 5.74) is -1.93. The van der Waals surface area contributed by atoms with Crippen molar-refractivity contribution in [3.63, 3.8) is 0 Å². The first-order valence-corrected chi connectivity index (χ1v) is 5.75. The van der Waals surface area contributed by atoms with Gasteiger partial charge < -0.3 is 0 Å². The molecule has 0 N–H and O–H groups in total. The lowest BCUT2D eigenvalue weighted by atomic mass is 10.0. The summed E-state index contributed by atoms with van der Waals surface area (Å²) in [6, 6.07) is 1.94. The molecule has 2 rings (SSSR count). The highest BCUT2D eigenvalue weighted by atomic mass is 32.1. The maximum atomic E-state index is 12.7. The quantitative estimate of drug-likeness (QED) is 0.686. The van der Waals surface area contributed by atoms with Crippen molar-refractivity contribution in [1.82, 2.24) is 4.98 Å². The van der Waals surface area contributed by atoms with Gasteiger partial charge in [0.1, 0.15) is 0 Å². The molecular formula is C11H5F6NS. The van der Waals surface area contributed by atoms with Crippen LogP contribution in [0.2, 0.25) is 0 Å². The van der Waals surface area contributed by atoms with Gasteiger partial charge in [0, 0.05) is 6.20 Å². The van der Waals surface area contributed by atoms with Crippen LogP contribution < -0.4 is 0 Å². The lowest BCUT2D eigenvalue weighted by Crippen LogP contribution is -2.16. The predicted molar refractivity (Wildman–Crippen MR) is 57.6 cm³/mol. The van der Waals surface area contributed by atoms with E-state index in [0.717, 1.165) is 17.4 Å². The Labute approximate surface area is 107 Å². The lowest BCUT2D eigenvalue weighted by Gasteiger charge is -2.16. The van der Waals surface area contributed by atoms with Crippen LogP contribution in [-0.2, 0) is 12.4 Å². The van der Waals surface area contributed by atoms with E-state index in [1.165, 1.54) is 11.7 Å². The van der Waals surface area contributed by atoms with Gasteiger partial charge in [-0.25, -0.2) is 0 Å². The summed E-state index contributed by atoms with van der Waals surface area (Å²) >= 11 is 1.05. The van der Waals surface area contributed by atoms with E-state index >= 15 is 0 Å². The Morgan fingerprint density at radius 1 is 0.895 bits per heavy atom. The van der Waals surface area contributed by atoms with E-state index in [9.17, 15) is 26.3 Å². The molecule has 1 nitrogen and oxygen atoms in total. The molecule has 0 aliphatic carbocycles. The minimum atomic E-state index is -5.06. The summed E-state index contributed by atoms with van der Waals surface area (Å²) in [6.45, 7) is 0. The van der Waals surface area contributed by atoms with Gasteiger partial charge in [-0.3, -0.25) is 4.98 Å². The van der Waals surface area contributed by atoms with Gasteiger partial charge >= 0.3 is 12.4 Å². The molecule has 19 heavy (non-hydrogen) atoms. The van der Waals surface area contributed by atoms with Crippen molar-refractivity contribution < 1.29 is 26.3 Å². The maximum absolute atomic E-state index is 12.7. The van der Waals surface area contributed by atoms with Gasteiger partial charge in [-0.2, -0.15) is 26.3 Å². The van der Waals surface area contributed by atoms with Crippen molar-refractivity contribution in [2.45, 2.75) is 12.4 Å². The molecule has 102 valence electrons. The Bertz CT molecular complexity index is 570. The van der Waals surface area contributed by atoms with E-state index in [4.69, 9.17) is 0 Å². The van der Waals surface area contributed by atoms with Crippen LogP contribution in [0, 0.1) is 0 Å². The Hall–Kier alpha value is -1.57. The van der Waals surface area contributed by atoms with E-state index < -0.39 is 23.5 Å². The van der Waals surface area contributed by atoms with Crippen LogP contribution in [0.4, 0.5) is 26.3 Å². The van der Waals surface area contributed by atoms with Crippen molar-refractivity contribution in [2.24, 2.45) is 0 Å². The van der Waals surface area contributed by atoms with Crippen LogP contribution in [0.15, 0.2) is 29.9 Å². The Morgan fingerprint density at radius 2 is 1.53 bits per heavy atom. The lowest BCUT2D eigenvalue weighted by molar-refractivity contribution is -0.162. The first kappa shape index (κ1) is 13.9. The Kier molecular flexibility index (Phi) is 3.29. The second-order valence-corrected chi connectivity index (χ2v) is 4.51. The van der Waals surface area contributed by atoms with Crippen molar-refractivity contribution in [2.75, 3.05) is 0 Å². The zero-order chi connectivity index (χ0) is 14.3. The van der Waals surface area contributed by atoms with Crippen molar-refractivity contribution in [3.8, 4) is 10.4 Å².